The van der Waals surface area contributed by atoms with Crippen LogP contribution in [0.2, 0.25) is 10.0 Å². The van der Waals surface area contributed by atoms with Crippen molar-refractivity contribution in [2.45, 2.75) is 0 Å². The van der Waals surface area contributed by atoms with Gasteiger partial charge in [0.1, 0.15) is 0 Å². The summed E-state index contributed by atoms with van der Waals surface area (Å²) >= 11 is 13.6. The molecule has 0 aliphatic carbocycles. The molecule has 0 amide bonds. The highest BCUT2D eigenvalue weighted by molar-refractivity contribution is 7.19. The summed E-state index contributed by atoms with van der Waals surface area (Å²) in [5.41, 5.74) is 2.15. The second kappa shape index (κ2) is 5.45. The number of rotatable bonds is 2. The number of aromatic nitrogens is 8. The van der Waals surface area contributed by atoms with E-state index < -0.39 is 0 Å². The van der Waals surface area contributed by atoms with Crippen molar-refractivity contribution in [3.63, 3.8) is 0 Å². The highest BCUT2D eigenvalue weighted by Crippen LogP contribution is 2.33. The summed E-state index contributed by atoms with van der Waals surface area (Å²) in [4.78, 5) is 0.644. The van der Waals surface area contributed by atoms with Crippen molar-refractivity contribution in [3.05, 3.63) is 46.6 Å². The molecular weight excluding hydrogens is 383 g/mol. The monoisotopic (exact) mass is 388 g/mol. The average Bonchev–Trinajstić information content (AvgIpc) is 3.29. The smallest absolute Gasteiger partial charge is 0.200 e. The largest absolute Gasteiger partial charge is 0.235 e. The van der Waals surface area contributed by atoms with Crippen molar-refractivity contribution in [3.8, 4) is 22.0 Å². The molecule has 25 heavy (non-hydrogen) atoms. The minimum Gasteiger partial charge on any atom is -0.200 e. The quantitative estimate of drug-likeness (QED) is 0.461. The summed E-state index contributed by atoms with van der Waals surface area (Å²) in [6.45, 7) is 0. The van der Waals surface area contributed by atoms with Crippen LogP contribution < -0.4 is 0 Å². The maximum atomic E-state index is 6.29. The Kier molecular flexibility index (Phi) is 3.20. The van der Waals surface area contributed by atoms with Crippen LogP contribution >= 0.6 is 34.5 Å². The molecule has 11 heteroatoms. The lowest BCUT2D eigenvalue weighted by Crippen LogP contribution is -1.93. The number of halogens is 2. The molecule has 0 saturated carbocycles. The van der Waals surface area contributed by atoms with Crippen molar-refractivity contribution in [2.24, 2.45) is 0 Å². The highest BCUT2D eigenvalue weighted by atomic mass is 35.5. The van der Waals surface area contributed by atoms with E-state index in [2.05, 4.69) is 30.8 Å². The van der Waals surface area contributed by atoms with Gasteiger partial charge in [0.15, 0.2) is 16.5 Å². The minimum absolute atomic E-state index is 0.486. The second-order valence-corrected chi connectivity index (χ2v) is 6.92. The number of hydrogen-bond donors (Lipinski definition) is 0. The first-order chi connectivity index (χ1) is 12.2. The number of pyridine rings is 1. The first-order valence-corrected chi connectivity index (χ1v) is 8.63. The molecule has 5 rings (SSSR count). The molecule has 0 saturated heterocycles. The molecule has 0 N–H and O–H groups in total. The number of nitrogens with zero attached hydrogens (tertiary/aromatic N) is 8. The van der Waals surface area contributed by atoms with E-state index in [1.54, 1.807) is 33.4 Å². The van der Waals surface area contributed by atoms with Crippen molar-refractivity contribution in [1.82, 2.24) is 39.9 Å². The maximum Gasteiger partial charge on any atom is 0.235 e. The van der Waals surface area contributed by atoms with Crippen LogP contribution in [0, 0.1) is 0 Å². The van der Waals surface area contributed by atoms with E-state index in [4.69, 9.17) is 23.2 Å². The summed E-state index contributed by atoms with van der Waals surface area (Å²) in [5, 5.41) is 26.4. The van der Waals surface area contributed by atoms with Crippen LogP contribution in [0.3, 0.4) is 0 Å². The van der Waals surface area contributed by atoms with Crippen LogP contribution in [0.1, 0.15) is 0 Å². The van der Waals surface area contributed by atoms with E-state index in [1.807, 2.05) is 12.1 Å². The predicted molar refractivity (Wildman–Crippen MR) is 93.9 cm³/mol. The van der Waals surface area contributed by atoms with Crippen LogP contribution in [0.4, 0.5) is 0 Å². The Morgan fingerprint density at radius 2 is 1.92 bits per heavy atom. The van der Waals surface area contributed by atoms with Crippen molar-refractivity contribution >= 4 is 45.1 Å². The van der Waals surface area contributed by atoms with E-state index in [-0.39, 0.29) is 0 Å². The average molecular weight is 389 g/mol. The summed E-state index contributed by atoms with van der Waals surface area (Å²) in [6.07, 6.45) is 1.78. The maximum absolute atomic E-state index is 6.29. The number of fused-ring (bicyclic) bond motifs is 2. The third-order valence-corrected chi connectivity index (χ3v) is 5.10. The van der Waals surface area contributed by atoms with E-state index in [9.17, 15) is 0 Å². The molecule has 0 aliphatic heterocycles. The van der Waals surface area contributed by atoms with Crippen molar-refractivity contribution < 1.29 is 0 Å². The molecule has 0 fully saturated rings. The number of benzene rings is 1. The molecule has 4 aromatic heterocycles. The van der Waals surface area contributed by atoms with Crippen LogP contribution in [0.25, 0.3) is 32.6 Å². The summed E-state index contributed by atoms with van der Waals surface area (Å²) in [5.74, 6) is 0.547. The lowest BCUT2D eigenvalue weighted by molar-refractivity contribution is 0.823. The molecule has 5 aromatic rings. The number of tetrazole rings is 1. The Morgan fingerprint density at radius 1 is 1.00 bits per heavy atom. The van der Waals surface area contributed by atoms with Crippen LogP contribution in [0.15, 0.2) is 36.5 Å². The summed E-state index contributed by atoms with van der Waals surface area (Å²) in [7, 11) is 0. The third kappa shape index (κ3) is 2.28. The fraction of sp³-hybridized carbons (Fsp3) is 0. The van der Waals surface area contributed by atoms with E-state index in [1.165, 1.54) is 11.3 Å². The highest BCUT2D eigenvalue weighted by Gasteiger charge is 2.18. The molecule has 1 aromatic carbocycles. The van der Waals surface area contributed by atoms with E-state index >= 15 is 0 Å². The molecule has 0 aliphatic rings. The van der Waals surface area contributed by atoms with Crippen molar-refractivity contribution in [1.29, 1.82) is 0 Å². The van der Waals surface area contributed by atoms with Crippen LogP contribution in [0.5, 0.6) is 0 Å². The summed E-state index contributed by atoms with van der Waals surface area (Å²) in [6, 6.07) is 8.98. The molecule has 0 unspecified atom stereocenters. The van der Waals surface area contributed by atoms with Gasteiger partial charge in [0.05, 0.1) is 10.6 Å². The Labute approximate surface area is 153 Å². The normalized spacial score (nSPS) is 11.6. The lowest BCUT2D eigenvalue weighted by atomic mass is 10.2. The first-order valence-electron chi connectivity index (χ1n) is 7.05. The van der Waals surface area contributed by atoms with Gasteiger partial charge in [-0.2, -0.15) is 14.1 Å². The fourth-order valence-corrected chi connectivity index (χ4v) is 3.85. The van der Waals surface area contributed by atoms with Gasteiger partial charge in [0.2, 0.25) is 4.96 Å². The van der Waals surface area contributed by atoms with E-state index in [0.717, 1.165) is 10.6 Å². The van der Waals surface area contributed by atoms with Gasteiger partial charge in [0.25, 0.3) is 0 Å². The molecule has 0 atom stereocenters. The topological polar surface area (TPSA) is 86.2 Å². The zero-order chi connectivity index (χ0) is 17.0. The van der Waals surface area contributed by atoms with Crippen LogP contribution in [-0.2, 0) is 0 Å². The van der Waals surface area contributed by atoms with Gasteiger partial charge in [-0.05, 0) is 40.8 Å². The zero-order valence-corrected chi connectivity index (χ0v) is 14.5. The van der Waals surface area contributed by atoms with Gasteiger partial charge >= 0.3 is 0 Å². The molecular formula is C14H6Cl2N8S. The molecule has 0 bridgehead atoms. The lowest BCUT2D eigenvalue weighted by Gasteiger charge is -2.01. The van der Waals surface area contributed by atoms with Gasteiger partial charge in [-0.1, -0.05) is 34.5 Å². The molecule has 0 spiro atoms. The summed E-state index contributed by atoms with van der Waals surface area (Å²) < 4.78 is 3.25. The standard InChI is InChI=1S/C14H6Cl2N8S/c15-7-3-4-8(10(16)6-7)12-17-19-14-24(12)20-13(25-14)9-2-1-5-23-11(9)18-21-22-23/h1-6H. The Balaban J connectivity index is 1.71. The van der Waals surface area contributed by atoms with Gasteiger partial charge in [-0.3, -0.25) is 0 Å². The molecule has 0 radical (unpaired) electrons. The molecule has 4 heterocycles. The van der Waals surface area contributed by atoms with Gasteiger partial charge in [-0.25, -0.2) is 0 Å². The molecule has 8 nitrogen and oxygen atoms in total. The minimum atomic E-state index is 0.486. The number of hydrogen-bond acceptors (Lipinski definition) is 7. The Hall–Kier alpha value is -2.62. The van der Waals surface area contributed by atoms with Crippen molar-refractivity contribution in [2.75, 3.05) is 0 Å². The van der Waals surface area contributed by atoms with E-state index in [0.29, 0.717) is 32.0 Å². The second-order valence-electron chi connectivity index (χ2n) is 5.12. The fourth-order valence-electron chi connectivity index (χ4n) is 2.50. The van der Waals surface area contributed by atoms with Gasteiger partial charge < -0.3 is 0 Å². The Morgan fingerprint density at radius 3 is 2.80 bits per heavy atom. The SMILES string of the molecule is Clc1ccc(-c2nnc3sc(-c4cccn5nnnc45)nn23)c(Cl)c1. The third-order valence-electron chi connectivity index (χ3n) is 3.62. The Bertz CT molecular complexity index is 1240. The molecule has 122 valence electrons. The predicted octanol–water partition coefficient (Wildman–Crippen LogP) is 3.26. The van der Waals surface area contributed by atoms with Gasteiger partial charge in [0, 0.05) is 16.8 Å². The zero-order valence-electron chi connectivity index (χ0n) is 12.2. The van der Waals surface area contributed by atoms with Gasteiger partial charge in [-0.15, -0.1) is 15.3 Å². The van der Waals surface area contributed by atoms with Crippen LogP contribution in [-0.4, -0.2) is 39.9 Å². The first kappa shape index (κ1) is 14.7.